The van der Waals surface area contributed by atoms with Crippen molar-refractivity contribution in [2.24, 2.45) is 0 Å². The molecule has 0 bridgehead atoms. The van der Waals surface area contributed by atoms with Gasteiger partial charge in [0.2, 0.25) is 0 Å². The van der Waals surface area contributed by atoms with Crippen molar-refractivity contribution in [3.05, 3.63) is 12.7 Å². The number of nitrogens with one attached hydrogen (secondary N) is 2. The van der Waals surface area contributed by atoms with E-state index < -0.39 is 18.4 Å². The van der Waals surface area contributed by atoms with Crippen molar-refractivity contribution in [2.75, 3.05) is 31.6 Å². The third kappa shape index (κ3) is 4.97. The molecule has 0 radical (unpaired) electrons. The molecule has 3 rings (SSSR count). The average molecular weight is 388 g/mol. The quantitative estimate of drug-likeness (QED) is 0.328. The number of fused-ring (bicyclic) bond motifs is 1. The Kier molecular flexibility index (Phi) is 7.56. The highest BCUT2D eigenvalue weighted by Gasteiger charge is 2.35. The number of anilines is 1. The predicted octanol–water partition coefficient (Wildman–Crippen LogP) is 0.662. The molecule has 0 aromatic carbocycles. The molecule has 2 aromatic rings. The van der Waals surface area contributed by atoms with Crippen LogP contribution < -0.4 is 10.6 Å². The highest BCUT2D eigenvalue weighted by molar-refractivity contribution is 5.82. The van der Waals surface area contributed by atoms with Crippen LogP contribution in [0.2, 0.25) is 0 Å². The summed E-state index contributed by atoms with van der Waals surface area (Å²) in [5.74, 6) is 3.26. The minimum Gasteiger partial charge on any atom is -0.394 e. The number of aromatic nitrogens is 4. The molecule has 1 aliphatic heterocycles. The second-order valence-electron chi connectivity index (χ2n) is 6.88. The Hall–Kier alpha value is -2.25. The fourth-order valence-corrected chi connectivity index (χ4v) is 3.34. The molecule has 4 N–H and O–H groups in total. The van der Waals surface area contributed by atoms with Gasteiger partial charge in [0.15, 0.2) is 17.0 Å². The van der Waals surface area contributed by atoms with E-state index in [4.69, 9.17) is 11.2 Å². The first-order valence-corrected chi connectivity index (χ1v) is 9.74. The zero-order chi connectivity index (χ0) is 19.8. The fraction of sp³-hybridized carbons (Fsp3) is 0.632. The SMILES string of the molecule is C#CCNCCCCCCNc1ncnc2c1ncn2[C@H]1CC(O)[C@@H](CO)O1. The zero-order valence-corrected chi connectivity index (χ0v) is 15.9. The topological polar surface area (TPSA) is 117 Å². The molecular formula is C19H28N6O3. The Morgan fingerprint density at radius 2 is 2.04 bits per heavy atom. The molecule has 1 unspecified atom stereocenters. The van der Waals surface area contributed by atoms with Crippen LogP contribution in [0, 0.1) is 12.3 Å². The molecule has 0 saturated carbocycles. The lowest BCUT2D eigenvalue weighted by molar-refractivity contribution is -0.0432. The lowest BCUT2D eigenvalue weighted by atomic mass is 10.2. The summed E-state index contributed by atoms with van der Waals surface area (Å²) in [5.41, 5.74) is 1.32. The normalized spacial score (nSPS) is 21.8. The van der Waals surface area contributed by atoms with Crippen LogP contribution >= 0.6 is 0 Å². The second-order valence-corrected chi connectivity index (χ2v) is 6.88. The first-order chi connectivity index (χ1) is 13.7. The third-order valence-corrected chi connectivity index (χ3v) is 4.85. The van der Waals surface area contributed by atoms with Crippen molar-refractivity contribution in [3.63, 3.8) is 0 Å². The van der Waals surface area contributed by atoms with Gasteiger partial charge in [-0.1, -0.05) is 18.8 Å². The Bertz CT molecular complexity index is 790. The minimum atomic E-state index is -0.700. The smallest absolute Gasteiger partial charge is 0.167 e. The fourth-order valence-electron chi connectivity index (χ4n) is 3.34. The molecule has 9 heteroatoms. The number of nitrogens with zero attached hydrogens (tertiary/aromatic N) is 4. The van der Waals surface area contributed by atoms with E-state index in [0.29, 0.717) is 29.9 Å². The molecule has 0 aliphatic carbocycles. The molecule has 0 amide bonds. The predicted molar refractivity (Wildman–Crippen MR) is 106 cm³/mol. The Morgan fingerprint density at radius 1 is 1.21 bits per heavy atom. The number of aliphatic hydroxyl groups excluding tert-OH is 2. The monoisotopic (exact) mass is 388 g/mol. The van der Waals surface area contributed by atoms with E-state index in [0.717, 1.165) is 38.8 Å². The Morgan fingerprint density at radius 3 is 2.79 bits per heavy atom. The van der Waals surface area contributed by atoms with Gasteiger partial charge in [-0.25, -0.2) is 15.0 Å². The van der Waals surface area contributed by atoms with Crippen molar-refractivity contribution in [3.8, 4) is 12.3 Å². The first kappa shape index (κ1) is 20.5. The third-order valence-electron chi connectivity index (χ3n) is 4.85. The maximum Gasteiger partial charge on any atom is 0.167 e. The van der Waals surface area contributed by atoms with E-state index in [1.807, 2.05) is 0 Å². The van der Waals surface area contributed by atoms with Crippen LogP contribution in [-0.4, -0.2) is 68.2 Å². The van der Waals surface area contributed by atoms with Crippen LogP contribution in [0.25, 0.3) is 11.2 Å². The molecule has 152 valence electrons. The molecule has 1 saturated heterocycles. The summed E-state index contributed by atoms with van der Waals surface area (Å²) in [5, 5.41) is 25.7. The van der Waals surface area contributed by atoms with Crippen LogP contribution in [0.5, 0.6) is 0 Å². The van der Waals surface area contributed by atoms with Crippen molar-refractivity contribution in [1.82, 2.24) is 24.8 Å². The molecule has 1 fully saturated rings. The summed E-state index contributed by atoms with van der Waals surface area (Å²) < 4.78 is 7.48. The maximum absolute atomic E-state index is 9.96. The van der Waals surface area contributed by atoms with E-state index in [1.165, 1.54) is 6.33 Å². The van der Waals surface area contributed by atoms with E-state index in [9.17, 15) is 10.2 Å². The molecular weight excluding hydrogens is 360 g/mol. The molecule has 3 heterocycles. The molecule has 9 nitrogen and oxygen atoms in total. The molecule has 3 atom stereocenters. The van der Waals surface area contributed by atoms with E-state index in [1.54, 1.807) is 10.9 Å². The van der Waals surface area contributed by atoms with E-state index >= 15 is 0 Å². The summed E-state index contributed by atoms with van der Waals surface area (Å²) in [4.78, 5) is 13.0. The number of unbranched alkanes of at least 4 members (excludes halogenated alkanes) is 3. The van der Waals surface area contributed by atoms with E-state index in [-0.39, 0.29) is 6.61 Å². The summed E-state index contributed by atoms with van der Waals surface area (Å²) >= 11 is 0. The molecule has 0 spiro atoms. The van der Waals surface area contributed by atoms with Crippen molar-refractivity contribution >= 4 is 17.0 Å². The van der Waals surface area contributed by atoms with Gasteiger partial charge in [0.05, 0.1) is 25.6 Å². The number of aliphatic hydroxyl groups is 2. The zero-order valence-electron chi connectivity index (χ0n) is 15.9. The Balaban J connectivity index is 1.50. The van der Waals surface area contributed by atoms with Crippen molar-refractivity contribution in [2.45, 2.75) is 50.5 Å². The molecule has 28 heavy (non-hydrogen) atoms. The summed E-state index contributed by atoms with van der Waals surface area (Å²) in [6.45, 7) is 2.17. The lowest BCUT2D eigenvalue weighted by Gasteiger charge is -2.13. The average Bonchev–Trinajstić information content (AvgIpc) is 3.30. The molecule has 2 aromatic heterocycles. The number of rotatable bonds is 11. The van der Waals surface area contributed by atoms with Gasteiger partial charge in [-0.2, -0.15) is 0 Å². The number of imidazole rings is 1. The lowest BCUT2D eigenvalue weighted by Crippen LogP contribution is -2.24. The van der Waals surface area contributed by atoms with Crippen LogP contribution in [0.1, 0.15) is 38.3 Å². The standard InChI is InChI=1S/C19H28N6O3/c1-2-7-20-8-5-3-4-6-9-21-18-17-19(23-12-22-18)25(13-24-17)16-10-14(27)15(11-26)28-16/h1,12-16,20,26-27H,3-11H2,(H,21,22,23)/t14?,15-,16-/m1/s1. The number of ether oxygens (including phenoxy) is 1. The van der Waals surface area contributed by atoms with Gasteiger partial charge in [0.25, 0.3) is 0 Å². The highest BCUT2D eigenvalue weighted by Crippen LogP contribution is 2.31. The van der Waals surface area contributed by atoms with Gasteiger partial charge in [-0.05, 0) is 19.4 Å². The van der Waals surface area contributed by atoms with Crippen LogP contribution in [0.3, 0.4) is 0 Å². The Labute approximate surface area is 164 Å². The number of hydrogen-bond acceptors (Lipinski definition) is 8. The van der Waals surface area contributed by atoms with Crippen molar-refractivity contribution in [1.29, 1.82) is 0 Å². The summed E-state index contributed by atoms with van der Waals surface area (Å²) in [7, 11) is 0. The van der Waals surface area contributed by atoms with Crippen molar-refractivity contribution < 1.29 is 14.9 Å². The maximum atomic E-state index is 9.96. The van der Waals surface area contributed by atoms with Gasteiger partial charge in [-0.15, -0.1) is 6.42 Å². The highest BCUT2D eigenvalue weighted by atomic mass is 16.5. The van der Waals surface area contributed by atoms with Gasteiger partial charge in [0, 0.05) is 13.0 Å². The van der Waals surface area contributed by atoms with Crippen LogP contribution in [0.4, 0.5) is 5.82 Å². The van der Waals surface area contributed by atoms with Crippen LogP contribution in [-0.2, 0) is 4.74 Å². The van der Waals surface area contributed by atoms with Crippen LogP contribution in [0.15, 0.2) is 12.7 Å². The second kappa shape index (κ2) is 10.3. The molecule has 1 aliphatic rings. The van der Waals surface area contributed by atoms with Gasteiger partial charge < -0.3 is 25.6 Å². The summed E-state index contributed by atoms with van der Waals surface area (Å²) in [6.07, 6.45) is 11.5. The van der Waals surface area contributed by atoms with Gasteiger partial charge >= 0.3 is 0 Å². The van der Waals surface area contributed by atoms with Gasteiger partial charge in [-0.3, -0.25) is 4.57 Å². The van der Waals surface area contributed by atoms with E-state index in [2.05, 4.69) is 31.5 Å². The summed E-state index contributed by atoms with van der Waals surface area (Å²) in [6, 6.07) is 0. The number of hydrogen-bond donors (Lipinski definition) is 4. The first-order valence-electron chi connectivity index (χ1n) is 9.74. The number of terminal acetylenes is 1. The largest absolute Gasteiger partial charge is 0.394 e. The van der Waals surface area contributed by atoms with Gasteiger partial charge in [0.1, 0.15) is 18.7 Å². The minimum absolute atomic E-state index is 0.216.